The number of rotatable bonds is 13. The predicted molar refractivity (Wildman–Crippen MR) is 163 cm³/mol. The first kappa shape index (κ1) is 30.9. The Morgan fingerprint density at radius 3 is 2.29 bits per heavy atom. The molecule has 0 aromatic heterocycles. The molecule has 3 aromatic rings. The second kappa shape index (κ2) is 13.7. The van der Waals surface area contributed by atoms with Crippen LogP contribution in [0.15, 0.2) is 72.8 Å². The lowest BCUT2D eigenvalue weighted by Gasteiger charge is -2.32. The molecule has 0 spiro atoms. The normalized spacial score (nSPS) is 13.1. The molecule has 4 rings (SSSR count). The van der Waals surface area contributed by atoms with Crippen molar-refractivity contribution in [3.8, 4) is 11.5 Å². The highest BCUT2D eigenvalue weighted by atomic mass is 32.2. The van der Waals surface area contributed by atoms with E-state index in [2.05, 4.69) is 5.32 Å². The van der Waals surface area contributed by atoms with E-state index in [9.17, 15) is 18.0 Å². The molecule has 0 unspecified atom stereocenters. The number of anilines is 1. The molecule has 2 amide bonds. The quantitative estimate of drug-likeness (QED) is 0.314. The maximum Gasteiger partial charge on any atom is 0.243 e. The molecule has 0 fully saturated rings. The Bertz CT molecular complexity index is 1480. The number of carbonyl (C=O) groups is 2. The highest BCUT2D eigenvalue weighted by Gasteiger charge is 2.31. The van der Waals surface area contributed by atoms with Gasteiger partial charge in [0, 0.05) is 38.0 Å². The lowest BCUT2D eigenvalue weighted by Crippen LogP contribution is -2.51. The summed E-state index contributed by atoms with van der Waals surface area (Å²) in [6, 6.07) is 21.6. The van der Waals surface area contributed by atoms with E-state index >= 15 is 0 Å². The van der Waals surface area contributed by atoms with Gasteiger partial charge in [0.25, 0.3) is 0 Å². The zero-order valence-corrected chi connectivity index (χ0v) is 25.4. The fourth-order valence-electron chi connectivity index (χ4n) is 4.87. The van der Waals surface area contributed by atoms with Crippen LogP contribution in [0.3, 0.4) is 0 Å². The molecule has 10 heteroatoms. The molecule has 0 saturated carbocycles. The topological polar surface area (TPSA) is 105 Å². The number of aryl methyl sites for hydroxylation is 1. The highest BCUT2D eigenvalue weighted by Crippen LogP contribution is 2.36. The molecule has 0 aliphatic carbocycles. The molecule has 0 saturated heterocycles. The van der Waals surface area contributed by atoms with Crippen LogP contribution in [0.5, 0.6) is 11.5 Å². The second-order valence-corrected chi connectivity index (χ2v) is 12.8. The Kier molecular flexibility index (Phi) is 10.1. The Balaban J connectivity index is 1.57. The van der Waals surface area contributed by atoms with Crippen molar-refractivity contribution in [3.05, 3.63) is 89.5 Å². The zero-order chi connectivity index (χ0) is 30.3. The van der Waals surface area contributed by atoms with E-state index in [1.165, 1.54) is 4.31 Å². The van der Waals surface area contributed by atoms with Gasteiger partial charge in [-0.05, 0) is 50.5 Å². The number of fused-ring (bicyclic) bond motifs is 1. The van der Waals surface area contributed by atoms with Gasteiger partial charge in [0.15, 0.2) is 11.5 Å². The largest absolute Gasteiger partial charge is 0.454 e. The first-order chi connectivity index (χ1) is 20.0. The average Bonchev–Trinajstić information content (AvgIpc) is 3.41. The molecule has 42 heavy (non-hydrogen) atoms. The lowest BCUT2D eigenvalue weighted by molar-refractivity contribution is -0.141. The minimum atomic E-state index is -3.64. The fraction of sp³-hybridized carbons (Fsp3) is 0.375. The summed E-state index contributed by atoms with van der Waals surface area (Å²) in [6.45, 7) is 6.19. The third-order valence-corrected chi connectivity index (χ3v) is 8.17. The van der Waals surface area contributed by atoms with Gasteiger partial charge in [-0.15, -0.1) is 0 Å². The standard InChI is InChI=1S/C32H39N3O6S/c1-23(2)33-32(37)28(19-25-9-6-5-7-10-25)34(21-26-14-12-24(3)13-15-26)31(36)11-8-18-35(42(4,38)39)27-16-17-29-30(20-27)41-22-40-29/h5-7,9-10,12-17,20,23,28H,8,11,18-19,21-22H2,1-4H3,(H,33,37)/t28-/m0/s1. The van der Waals surface area contributed by atoms with Crippen molar-refractivity contribution in [2.75, 3.05) is 23.9 Å². The third-order valence-electron chi connectivity index (χ3n) is 6.97. The van der Waals surface area contributed by atoms with Gasteiger partial charge in [-0.25, -0.2) is 8.42 Å². The number of hydrogen-bond acceptors (Lipinski definition) is 6. The number of ether oxygens (including phenoxy) is 2. The Morgan fingerprint density at radius 1 is 0.929 bits per heavy atom. The molecule has 3 aromatic carbocycles. The van der Waals surface area contributed by atoms with Gasteiger partial charge in [0.2, 0.25) is 28.6 Å². The Labute approximate surface area is 248 Å². The van der Waals surface area contributed by atoms with Crippen LogP contribution in [0.25, 0.3) is 0 Å². The molecule has 1 aliphatic rings. The summed E-state index contributed by atoms with van der Waals surface area (Å²) in [5.74, 6) is 0.571. The van der Waals surface area contributed by atoms with E-state index in [4.69, 9.17) is 9.47 Å². The van der Waals surface area contributed by atoms with Crippen molar-refractivity contribution in [1.82, 2.24) is 10.2 Å². The van der Waals surface area contributed by atoms with Crippen LogP contribution < -0.4 is 19.1 Å². The van der Waals surface area contributed by atoms with Crippen LogP contribution in [0.2, 0.25) is 0 Å². The Hall–Kier alpha value is -4.05. The fourth-order valence-corrected chi connectivity index (χ4v) is 5.83. The maximum absolute atomic E-state index is 13.9. The van der Waals surface area contributed by atoms with Crippen molar-refractivity contribution in [3.63, 3.8) is 0 Å². The lowest BCUT2D eigenvalue weighted by atomic mass is 10.0. The van der Waals surface area contributed by atoms with Gasteiger partial charge in [0.1, 0.15) is 6.04 Å². The van der Waals surface area contributed by atoms with Gasteiger partial charge in [-0.1, -0.05) is 60.2 Å². The molecule has 1 atom stereocenters. The summed E-state index contributed by atoms with van der Waals surface area (Å²) in [5.41, 5.74) is 3.38. The third kappa shape index (κ3) is 8.25. The SMILES string of the molecule is Cc1ccc(CN(C(=O)CCCN(c2ccc3c(c2)OCO3)S(C)(=O)=O)[C@@H](Cc2ccccc2)C(=O)NC(C)C)cc1. The van der Waals surface area contributed by atoms with Crippen molar-refractivity contribution in [2.45, 2.75) is 58.7 Å². The summed E-state index contributed by atoms with van der Waals surface area (Å²) < 4.78 is 37.5. The van der Waals surface area contributed by atoms with E-state index in [0.717, 1.165) is 22.9 Å². The van der Waals surface area contributed by atoms with Gasteiger partial charge in [0.05, 0.1) is 11.9 Å². The maximum atomic E-state index is 13.9. The summed E-state index contributed by atoms with van der Waals surface area (Å²) in [6.07, 6.45) is 1.80. The predicted octanol–water partition coefficient (Wildman–Crippen LogP) is 4.43. The van der Waals surface area contributed by atoms with Crippen molar-refractivity contribution in [2.24, 2.45) is 0 Å². The zero-order valence-electron chi connectivity index (χ0n) is 24.6. The smallest absolute Gasteiger partial charge is 0.243 e. The highest BCUT2D eigenvalue weighted by molar-refractivity contribution is 7.92. The van der Waals surface area contributed by atoms with E-state index < -0.39 is 16.1 Å². The minimum Gasteiger partial charge on any atom is -0.454 e. The second-order valence-electron chi connectivity index (χ2n) is 10.9. The number of benzene rings is 3. The molecular formula is C32H39N3O6S. The number of amides is 2. The molecule has 1 N–H and O–H groups in total. The van der Waals surface area contributed by atoms with Gasteiger partial charge in [-0.2, -0.15) is 0 Å². The molecular weight excluding hydrogens is 554 g/mol. The van der Waals surface area contributed by atoms with Crippen LogP contribution >= 0.6 is 0 Å². The number of nitrogens with one attached hydrogen (secondary N) is 1. The molecule has 1 aliphatic heterocycles. The average molecular weight is 594 g/mol. The summed E-state index contributed by atoms with van der Waals surface area (Å²) in [4.78, 5) is 29.0. The van der Waals surface area contributed by atoms with Crippen LogP contribution in [0, 0.1) is 6.92 Å². The summed E-state index contributed by atoms with van der Waals surface area (Å²) >= 11 is 0. The van der Waals surface area contributed by atoms with Gasteiger partial charge < -0.3 is 19.7 Å². The summed E-state index contributed by atoms with van der Waals surface area (Å²) in [7, 11) is -3.64. The van der Waals surface area contributed by atoms with E-state index in [0.29, 0.717) is 23.6 Å². The molecule has 1 heterocycles. The number of sulfonamides is 1. The minimum absolute atomic E-state index is 0.0582. The van der Waals surface area contributed by atoms with Crippen molar-refractivity contribution in [1.29, 1.82) is 0 Å². The molecule has 0 bridgehead atoms. The van der Waals surface area contributed by atoms with E-state index in [-0.39, 0.29) is 50.6 Å². The van der Waals surface area contributed by atoms with E-state index in [1.807, 2.05) is 75.4 Å². The molecule has 0 radical (unpaired) electrons. The summed E-state index contributed by atoms with van der Waals surface area (Å²) in [5, 5.41) is 2.99. The number of hydrogen-bond donors (Lipinski definition) is 1. The van der Waals surface area contributed by atoms with Crippen molar-refractivity contribution < 1.29 is 27.5 Å². The number of carbonyl (C=O) groups excluding carboxylic acids is 2. The monoisotopic (exact) mass is 593 g/mol. The van der Waals surface area contributed by atoms with Gasteiger partial charge in [-0.3, -0.25) is 13.9 Å². The van der Waals surface area contributed by atoms with Crippen LogP contribution in [-0.2, 0) is 32.6 Å². The molecule has 9 nitrogen and oxygen atoms in total. The van der Waals surface area contributed by atoms with Crippen LogP contribution in [0.4, 0.5) is 5.69 Å². The number of nitrogens with zero attached hydrogens (tertiary/aromatic N) is 2. The van der Waals surface area contributed by atoms with Crippen LogP contribution in [0.1, 0.15) is 43.4 Å². The van der Waals surface area contributed by atoms with Crippen molar-refractivity contribution >= 4 is 27.5 Å². The Morgan fingerprint density at radius 2 is 1.62 bits per heavy atom. The van der Waals surface area contributed by atoms with E-state index in [1.54, 1.807) is 23.1 Å². The van der Waals surface area contributed by atoms with Crippen LogP contribution in [-0.4, -0.2) is 56.8 Å². The first-order valence-electron chi connectivity index (χ1n) is 14.1. The first-order valence-corrected chi connectivity index (χ1v) is 15.9. The van der Waals surface area contributed by atoms with Gasteiger partial charge >= 0.3 is 0 Å². The molecule has 224 valence electrons.